The van der Waals surface area contributed by atoms with Gasteiger partial charge in [0.25, 0.3) is 11.6 Å². The van der Waals surface area contributed by atoms with Crippen molar-refractivity contribution in [1.29, 1.82) is 0 Å². The molecule has 0 bridgehead atoms. The van der Waals surface area contributed by atoms with Crippen LogP contribution in [0.25, 0.3) is 11.8 Å². The number of urea groups is 1. The van der Waals surface area contributed by atoms with Gasteiger partial charge in [0.15, 0.2) is 0 Å². The van der Waals surface area contributed by atoms with E-state index in [1.54, 1.807) is 42.5 Å². The summed E-state index contributed by atoms with van der Waals surface area (Å²) in [6.45, 7) is 3.71. The third kappa shape index (κ3) is 3.69. The Kier molecular flexibility index (Phi) is 5.08. The molecule has 9 heteroatoms. The Morgan fingerprint density at radius 3 is 2.42 bits per heavy atom. The van der Waals surface area contributed by atoms with Crippen LogP contribution in [0.3, 0.4) is 0 Å². The lowest BCUT2D eigenvalue weighted by atomic mass is 10.2. The first-order valence-corrected chi connectivity index (χ1v) is 9.70. The molecule has 0 saturated carbocycles. The molecular formula is C22H17ClN4O4. The monoisotopic (exact) mass is 436 g/mol. The van der Waals surface area contributed by atoms with Crippen molar-refractivity contribution in [1.82, 2.24) is 9.88 Å². The maximum atomic E-state index is 12.9. The number of hydrogen-bond acceptors (Lipinski definition) is 4. The van der Waals surface area contributed by atoms with Gasteiger partial charge in [0.2, 0.25) is 0 Å². The van der Waals surface area contributed by atoms with Crippen LogP contribution >= 0.6 is 11.6 Å². The van der Waals surface area contributed by atoms with Crippen LogP contribution in [0.15, 0.2) is 60.3 Å². The van der Waals surface area contributed by atoms with Crippen LogP contribution in [-0.4, -0.2) is 21.4 Å². The second kappa shape index (κ2) is 7.73. The highest BCUT2D eigenvalue weighted by atomic mass is 35.5. The fraction of sp³-hybridized carbons (Fsp3) is 0.0909. The van der Waals surface area contributed by atoms with E-state index in [4.69, 9.17) is 11.6 Å². The molecule has 1 aliphatic heterocycles. The van der Waals surface area contributed by atoms with Crippen molar-refractivity contribution in [3.8, 4) is 5.69 Å². The molecule has 8 nitrogen and oxygen atoms in total. The van der Waals surface area contributed by atoms with Gasteiger partial charge >= 0.3 is 6.03 Å². The third-order valence-electron chi connectivity index (χ3n) is 5.03. The Balaban J connectivity index is 1.70. The van der Waals surface area contributed by atoms with Gasteiger partial charge in [0.05, 0.1) is 16.3 Å². The van der Waals surface area contributed by atoms with Gasteiger partial charge < -0.3 is 9.88 Å². The average Bonchev–Trinajstić information content (AvgIpc) is 3.17. The summed E-state index contributed by atoms with van der Waals surface area (Å²) in [6, 6.07) is 14.0. The van der Waals surface area contributed by atoms with Gasteiger partial charge in [0.1, 0.15) is 5.70 Å². The lowest BCUT2D eigenvalue weighted by molar-refractivity contribution is -0.384. The van der Waals surface area contributed by atoms with Gasteiger partial charge in [-0.3, -0.25) is 14.9 Å². The van der Waals surface area contributed by atoms with E-state index in [1.165, 1.54) is 12.1 Å². The number of amides is 3. The standard InChI is InChI=1S/C22H17ClN4O4/c1-13-10-15(14(2)25(13)18-4-3-5-19(12-18)27(30)31)11-20-21(28)26(22(29)24-20)17-8-6-16(23)7-9-17/h3-12H,1-2H3,(H,24,29)/b20-11+. The van der Waals surface area contributed by atoms with Crippen LogP contribution in [-0.2, 0) is 4.79 Å². The number of carbonyl (C=O) groups is 2. The van der Waals surface area contributed by atoms with E-state index in [-0.39, 0.29) is 11.4 Å². The van der Waals surface area contributed by atoms with Crippen molar-refractivity contribution in [3.05, 3.63) is 92.4 Å². The second-order valence-corrected chi connectivity index (χ2v) is 7.48. The van der Waals surface area contributed by atoms with Crippen LogP contribution < -0.4 is 10.2 Å². The molecule has 0 aliphatic carbocycles. The number of nitrogens with one attached hydrogen (secondary N) is 1. The van der Waals surface area contributed by atoms with Crippen LogP contribution in [0, 0.1) is 24.0 Å². The number of halogens is 1. The second-order valence-electron chi connectivity index (χ2n) is 7.04. The van der Waals surface area contributed by atoms with Crippen molar-refractivity contribution in [3.63, 3.8) is 0 Å². The summed E-state index contributed by atoms with van der Waals surface area (Å²) < 4.78 is 1.86. The zero-order valence-electron chi connectivity index (χ0n) is 16.6. The summed E-state index contributed by atoms with van der Waals surface area (Å²) >= 11 is 5.88. The molecule has 0 atom stereocenters. The van der Waals surface area contributed by atoms with Gasteiger partial charge in [-0.05, 0) is 61.9 Å². The van der Waals surface area contributed by atoms with E-state index in [2.05, 4.69) is 5.32 Å². The Morgan fingerprint density at radius 2 is 1.74 bits per heavy atom. The number of rotatable bonds is 4. The van der Waals surface area contributed by atoms with E-state index in [0.717, 1.165) is 16.3 Å². The molecule has 0 radical (unpaired) electrons. The molecule has 3 amide bonds. The van der Waals surface area contributed by atoms with Gasteiger partial charge in [-0.1, -0.05) is 17.7 Å². The number of anilines is 1. The summed E-state index contributed by atoms with van der Waals surface area (Å²) in [5.41, 5.74) is 3.50. The molecule has 3 aromatic rings. The molecule has 4 rings (SSSR count). The number of non-ortho nitro benzene ring substituents is 1. The number of hydrogen-bond donors (Lipinski definition) is 1. The first kappa shape index (κ1) is 20.4. The lowest BCUT2D eigenvalue weighted by Crippen LogP contribution is -2.30. The normalized spacial score (nSPS) is 14.9. The zero-order valence-corrected chi connectivity index (χ0v) is 17.4. The van der Waals surface area contributed by atoms with Gasteiger partial charge in [-0.2, -0.15) is 0 Å². The Morgan fingerprint density at radius 1 is 1.03 bits per heavy atom. The number of nitrogens with zero attached hydrogens (tertiary/aromatic N) is 3. The van der Waals surface area contributed by atoms with Crippen molar-refractivity contribution >= 4 is 41.0 Å². The lowest BCUT2D eigenvalue weighted by Gasteiger charge is -2.11. The maximum Gasteiger partial charge on any atom is 0.333 e. The van der Waals surface area contributed by atoms with Crippen molar-refractivity contribution in [2.24, 2.45) is 0 Å². The van der Waals surface area contributed by atoms with Crippen LogP contribution in [0.1, 0.15) is 17.0 Å². The quantitative estimate of drug-likeness (QED) is 0.276. The maximum absolute atomic E-state index is 12.9. The molecule has 1 fully saturated rings. The third-order valence-corrected chi connectivity index (χ3v) is 5.28. The van der Waals surface area contributed by atoms with Crippen LogP contribution in [0.4, 0.5) is 16.2 Å². The number of nitro groups is 1. The Labute approximate surface area is 182 Å². The summed E-state index contributed by atoms with van der Waals surface area (Å²) in [7, 11) is 0. The fourth-order valence-electron chi connectivity index (χ4n) is 3.59. The average molecular weight is 437 g/mol. The highest BCUT2D eigenvalue weighted by Gasteiger charge is 2.35. The highest BCUT2D eigenvalue weighted by Crippen LogP contribution is 2.27. The SMILES string of the molecule is Cc1cc(/C=C2/NC(=O)N(c3ccc(Cl)cc3)C2=O)c(C)n1-c1cccc([N+](=O)[O-])c1. The minimum absolute atomic E-state index is 0.0123. The molecule has 0 unspecified atom stereocenters. The van der Waals surface area contributed by atoms with E-state index >= 15 is 0 Å². The first-order chi connectivity index (χ1) is 14.8. The van der Waals surface area contributed by atoms with Gasteiger partial charge in [-0.15, -0.1) is 0 Å². The smallest absolute Gasteiger partial charge is 0.318 e. The highest BCUT2D eigenvalue weighted by molar-refractivity contribution is 6.31. The molecule has 1 aromatic heterocycles. The topological polar surface area (TPSA) is 97.5 Å². The number of carbonyl (C=O) groups excluding carboxylic acids is 2. The van der Waals surface area contributed by atoms with Crippen molar-refractivity contribution in [2.75, 3.05) is 4.90 Å². The van der Waals surface area contributed by atoms with Crippen molar-refractivity contribution < 1.29 is 14.5 Å². The van der Waals surface area contributed by atoms with E-state index < -0.39 is 16.9 Å². The predicted molar refractivity (Wildman–Crippen MR) is 117 cm³/mol. The number of imide groups is 1. The zero-order chi connectivity index (χ0) is 22.3. The number of aromatic nitrogens is 1. The van der Waals surface area contributed by atoms with E-state index in [0.29, 0.717) is 22.0 Å². The Hall–Kier alpha value is -3.91. The summed E-state index contributed by atoms with van der Waals surface area (Å²) in [5, 5.41) is 14.2. The number of aryl methyl sites for hydroxylation is 1. The molecule has 1 aliphatic rings. The fourth-order valence-corrected chi connectivity index (χ4v) is 3.72. The molecule has 156 valence electrons. The van der Waals surface area contributed by atoms with Crippen LogP contribution in [0.2, 0.25) is 5.02 Å². The molecule has 2 aromatic carbocycles. The molecule has 1 saturated heterocycles. The van der Waals surface area contributed by atoms with Gasteiger partial charge in [-0.25, -0.2) is 9.69 Å². The number of benzene rings is 2. The Bertz CT molecular complexity index is 1260. The minimum atomic E-state index is -0.550. The van der Waals surface area contributed by atoms with E-state index in [1.807, 2.05) is 24.5 Å². The van der Waals surface area contributed by atoms with Gasteiger partial charge in [0, 0.05) is 28.5 Å². The summed E-state index contributed by atoms with van der Waals surface area (Å²) in [5.74, 6) is -0.479. The molecule has 1 N–H and O–H groups in total. The van der Waals surface area contributed by atoms with Crippen LogP contribution in [0.5, 0.6) is 0 Å². The first-order valence-electron chi connectivity index (χ1n) is 9.33. The minimum Gasteiger partial charge on any atom is -0.318 e. The molecular weight excluding hydrogens is 420 g/mol. The predicted octanol–water partition coefficient (Wildman–Crippen LogP) is 4.75. The molecule has 2 heterocycles. The molecule has 0 spiro atoms. The summed E-state index contributed by atoms with van der Waals surface area (Å²) in [6.07, 6.45) is 1.60. The van der Waals surface area contributed by atoms with Crippen molar-refractivity contribution in [2.45, 2.75) is 13.8 Å². The number of nitro benzene ring substituents is 1. The largest absolute Gasteiger partial charge is 0.333 e. The summed E-state index contributed by atoms with van der Waals surface area (Å²) in [4.78, 5) is 37.0. The molecule has 31 heavy (non-hydrogen) atoms. The van der Waals surface area contributed by atoms with E-state index in [9.17, 15) is 19.7 Å².